The quantitative estimate of drug-likeness (QED) is 0.790. The van der Waals surface area contributed by atoms with Gasteiger partial charge in [0.2, 0.25) is 10.0 Å². The van der Waals surface area contributed by atoms with E-state index in [2.05, 4.69) is 35.7 Å². The minimum atomic E-state index is -3.62. The third-order valence-corrected chi connectivity index (χ3v) is 6.00. The van der Waals surface area contributed by atoms with Gasteiger partial charge in [0, 0.05) is 31.7 Å². The van der Waals surface area contributed by atoms with Crippen LogP contribution in [0.4, 0.5) is 5.69 Å². The number of hydrogen-bond donors (Lipinski definition) is 2. The van der Waals surface area contributed by atoms with Crippen LogP contribution in [0, 0.1) is 5.41 Å². The van der Waals surface area contributed by atoms with Gasteiger partial charge in [0.25, 0.3) is 0 Å². The van der Waals surface area contributed by atoms with E-state index in [0.717, 1.165) is 38.3 Å². The summed E-state index contributed by atoms with van der Waals surface area (Å²) < 4.78 is 34.3. The first-order valence-corrected chi connectivity index (χ1v) is 10.6. The van der Waals surface area contributed by atoms with Crippen molar-refractivity contribution in [3.63, 3.8) is 0 Å². The van der Waals surface area contributed by atoms with E-state index in [9.17, 15) is 8.42 Å². The molecule has 1 heterocycles. The maximum absolute atomic E-state index is 13.0. The highest BCUT2D eigenvalue weighted by Crippen LogP contribution is 2.33. The molecule has 0 atom stereocenters. The van der Waals surface area contributed by atoms with Crippen LogP contribution in [0.25, 0.3) is 0 Å². The Morgan fingerprint density at radius 3 is 2.31 bits per heavy atom. The van der Waals surface area contributed by atoms with E-state index in [0.29, 0.717) is 5.75 Å². The molecule has 1 aromatic rings. The molecule has 6 nitrogen and oxygen atoms in total. The topological polar surface area (TPSA) is 70.7 Å². The van der Waals surface area contributed by atoms with Crippen LogP contribution in [0.2, 0.25) is 0 Å². The van der Waals surface area contributed by atoms with Crippen LogP contribution < -0.4 is 19.7 Å². The van der Waals surface area contributed by atoms with Crippen molar-refractivity contribution in [3.05, 3.63) is 18.2 Å². The van der Waals surface area contributed by atoms with Gasteiger partial charge in [-0.25, -0.2) is 13.1 Å². The molecule has 0 amide bonds. The van der Waals surface area contributed by atoms with E-state index in [1.165, 1.54) is 0 Å². The molecule has 0 aliphatic carbocycles. The van der Waals surface area contributed by atoms with Crippen LogP contribution in [0.1, 0.15) is 41.0 Å². The summed E-state index contributed by atoms with van der Waals surface area (Å²) in [4.78, 5) is 2.43. The molecule has 1 aliphatic rings. The van der Waals surface area contributed by atoms with Gasteiger partial charge in [-0.15, -0.1) is 0 Å². The number of nitrogens with one attached hydrogen (secondary N) is 2. The van der Waals surface area contributed by atoms with E-state index >= 15 is 0 Å². The summed E-state index contributed by atoms with van der Waals surface area (Å²) in [5, 5.41) is 3.31. The highest BCUT2D eigenvalue weighted by Gasteiger charge is 2.31. The van der Waals surface area contributed by atoms with Gasteiger partial charge < -0.3 is 15.0 Å². The predicted octanol–water partition coefficient (Wildman–Crippen LogP) is 2.60. The Hall–Kier alpha value is -1.31. The molecular formula is C19H33N3O3S. The summed E-state index contributed by atoms with van der Waals surface area (Å²) in [6.45, 7) is 13.6. The first kappa shape index (κ1) is 21.0. The van der Waals surface area contributed by atoms with Crippen LogP contribution in [0.5, 0.6) is 5.75 Å². The van der Waals surface area contributed by atoms with E-state index in [4.69, 9.17) is 4.74 Å². The molecule has 26 heavy (non-hydrogen) atoms. The second kappa shape index (κ2) is 7.74. The van der Waals surface area contributed by atoms with Gasteiger partial charge in [0.15, 0.2) is 0 Å². The number of piperazine rings is 1. The molecule has 0 spiro atoms. The molecule has 7 heteroatoms. The number of rotatable bonds is 6. The largest absolute Gasteiger partial charge is 0.495 e. The zero-order valence-electron chi connectivity index (χ0n) is 16.8. The molecule has 0 unspecified atom stereocenters. The maximum atomic E-state index is 13.0. The van der Waals surface area contributed by atoms with Crippen molar-refractivity contribution in [1.29, 1.82) is 0 Å². The van der Waals surface area contributed by atoms with E-state index in [1.807, 2.05) is 13.8 Å². The van der Waals surface area contributed by atoms with Crippen LogP contribution in [-0.4, -0.2) is 47.2 Å². The van der Waals surface area contributed by atoms with Crippen molar-refractivity contribution in [2.75, 3.05) is 38.2 Å². The Kier molecular flexibility index (Phi) is 6.25. The zero-order valence-corrected chi connectivity index (χ0v) is 17.7. The highest BCUT2D eigenvalue weighted by molar-refractivity contribution is 7.89. The van der Waals surface area contributed by atoms with Crippen LogP contribution in [0.15, 0.2) is 23.1 Å². The number of nitrogens with zero attached hydrogens (tertiary/aromatic N) is 1. The number of benzene rings is 1. The van der Waals surface area contributed by atoms with Gasteiger partial charge in [0.1, 0.15) is 5.75 Å². The highest BCUT2D eigenvalue weighted by atomic mass is 32.2. The monoisotopic (exact) mass is 383 g/mol. The smallest absolute Gasteiger partial charge is 0.241 e. The number of hydrogen-bond acceptors (Lipinski definition) is 5. The van der Waals surface area contributed by atoms with Crippen molar-refractivity contribution < 1.29 is 13.2 Å². The number of sulfonamides is 1. The average molecular weight is 384 g/mol. The SMILES string of the molecule is COc1ccc(S(=O)(=O)NC(C)(C)CC(C)(C)C)cc1N1CCNCC1. The summed E-state index contributed by atoms with van der Waals surface area (Å²) >= 11 is 0. The van der Waals surface area contributed by atoms with Gasteiger partial charge in [-0.2, -0.15) is 0 Å². The lowest BCUT2D eigenvalue weighted by atomic mass is 9.82. The molecule has 2 rings (SSSR count). The van der Waals surface area contributed by atoms with Crippen LogP contribution in [-0.2, 0) is 10.0 Å². The molecule has 1 fully saturated rings. The summed E-state index contributed by atoms with van der Waals surface area (Å²) in [6.07, 6.45) is 0.736. The zero-order chi connectivity index (χ0) is 19.6. The van der Waals surface area contributed by atoms with E-state index < -0.39 is 15.6 Å². The molecule has 1 aliphatic heterocycles. The maximum Gasteiger partial charge on any atom is 0.241 e. The Bertz CT molecular complexity index is 718. The van der Waals surface area contributed by atoms with Crippen LogP contribution >= 0.6 is 0 Å². The summed E-state index contributed by atoms with van der Waals surface area (Å²) in [6, 6.07) is 5.07. The van der Waals surface area contributed by atoms with Crippen molar-refractivity contribution in [2.24, 2.45) is 5.41 Å². The summed E-state index contributed by atoms with van der Waals surface area (Å²) in [5.74, 6) is 0.694. The predicted molar refractivity (Wildman–Crippen MR) is 107 cm³/mol. The third kappa shape index (κ3) is 5.59. The Morgan fingerprint density at radius 1 is 1.15 bits per heavy atom. The lowest BCUT2D eigenvalue weighted by Gasteiger charge is -2.33. The molecule has 2 N–H and O–H groups in total. The Morgan fingerprint density at radius 2 is 1.77 bits per heavy atom. The van der Waals surface area contributed by atoms with Gasteiger partial charge in [-0.3, -0.25) is 0 Å². The molecule has 148 valence electrons. The molecule has 1 saturated heterocycles. The molecule has 0 saturated carbocycles. The second-order valence-electron chi connectivity index (χ2n) is 8.80. The standard InChI is InChI=1S/C19H33N3O3S/c1-18(2,3)14-19(4,5)21-26(23,24)15-7-8-17(25-6)16(13-15)22-11-9-20-10-12-22/h7-8,13,20-21H,9-12,14H2,1-6H3. The van der Waals surface area contributed by atoms with Gasteiger partial charge in [-0.1, -0.05) is 20.8 Å². The Labute approximate surface area is 158 Å². The molecule has 0 aromatic heterocycles. The normalized spacial score (nSPS) is 16.6. The molecule has 0 bridgehead atoms. The lowest BCUT2D eigenvalue weighted by molar-refractivity contribution is 0.269. The number of ether oxygens (including phenoxy) is 1. The minimum Gasteiger partial charge on any atom is -0.495 e. The first-order chi connectivity index (χ1) is 11.9. The Balaban J connectivity index is 2.31. The fraction of sp³-hybridized carbons (Fsp3) is 0.684. The fourth-order valence-corrected chi connectivity index (χ4v) is 5.21. The summed E-state index contributed by atoms with van der Waals surface area (Å²) in [7, 11) is -2.01. The van der Waals surface area contributed by atoms with Crippen molar-refractivity contribution in [3.8, 4) is 5.75 Å². The van der Waals surface area contributed by atoms with Crippen LogP contribution in [0.3, 0.4) is 0 Å². The van der Waals surface area contributed by atoms with Crippen molar-refractivity contribution in [1.82, 2.24) is 10.0 Å². The lowest BCUT2D eigenvalue weighted by Crippen LogP contribution is -2.46. The number of anilines is 1. The second-order valence-corrected chi connectivity index (χ2v) is 10.5. The molecule has 1 aromatic carbocycles. The summed E-state index contributed by atoms with van der Waals surface area (Å²) in [5.41, 5.74) is 0.315. The van der Waals surface area contributed by atoms with Gasteiger partial charge in [0.05, 0.1) is 17.7 Å². The van der Waals surface area contributed by atoms with Gasteiger partial charge >= 0.3 is 0 Å². The fourth-order valence-electron chi connectivity index (χ4n) is 3.77. The van der Waals surface area contributed by atoms with Crippen molar-refractivity contribution in [2.45, 2.75) is 51.5 Å². The molecule has 0 radical (unpaired) electrons. The minimum absolute atomic E-state index is 0.0257. The van der Waals surface area contributed by atoms with Crippen molar-refractivity contribution >= 4 is 15.7 Å². The average Bonchev–Trinajstić information content (AvgIpc) is 2.51. The molecular weight excluding hydrogens is 350 g/mol. The van der Waals surface area contributed by atoms with E-state index in [1.54, 1.807) is 25.3 Å². The van der Waals surface area contributed by atoms with E-state index in [-0.39, 0.29) is 10.3 Å². The first-order valence-electron chi connectivity index (χ1n) is 9.11. The number of methoxy groups -OCH3 is 1. The van der Waals surface area contributed by atoms with Gasteiger partial charge in [-0.05, 0) is 43.9 Å². The third-order valence-electron chi connectivity index (χ3n) is 4.30.